The van der Waals surface area contributed by atoms with Gasteiger partial charge in [0.1, 0.15) is 0 Å². The standard InChI is InChI=1S/C11H24N2O2/c1-2-5-13-6-3-10(4-7-13)12-11(8-14)9-15/h10-12,14-15H,2-9H2,1H3. The number of nitrogens with zero attached hydrogens (tertiary/aromatic N) is 1. The van der Waals surface area contributed by atoms with E-state index in [-0.39, 0.29) is 19.3 Å². The fourth-order valence-electron chi connectivity index (χ4n) is 2.14. The molecule has 4 heteroatoms. The van der Waals surface area contributed by atoms with Crippen LogP contribution in [-0.4, -0.2) is 60.0 Å². The molecule has 0 aromatic carbocycles. The second-order valence-corrected chi connectivity index (χ2v) is 4.34. The Morgan fingerprint density at radius 3 is 2.33 bits per heavy atom. The monoisotopic (exact) mass is 216 g/mol. The van der Waals surface area contributed by atoms with Crippen molar-refractivity contribution in [2.24, 2.45) is 0 Å². The SMILES string of the molecule is CCCN1CCC(NC(CO)CO)CC1. The summed E-state index contributed by atoms with van der Waals surface area (Å²) in [6, 6.07) is 0.315. The number of piperidine rings is 1. The Balaban J connectivity index is 2.19. The zero-order valence-electron chi connectivity index (χ0n) is 9.65. The molecule has 1 aliphatic heterocycles. The van der Waals surface area contributed by atoms with Crippen molar-refractivity contribution in [3.8, 4) is 0 Å². The van der Waals surface area contributed by atoms with Crippen molar-refractivity contribution in [2.75, 3.05) is 32.8 Å². The molecule has 1 heterocycles. The summed E-state index contributed by atoms with van der Waals surface area (Å²) < 4.78 is 0. The minimum Gasteiger partial charge on any atom is -0.395 e. The van der Waals surface area contributed by atoms with Gasteiger partial charge >= 0.3 is 0 Å². The molecule has 15 heavy (non-hydrogen) atoms. The largest absolute Gasteiger partial charge is 0.395 e. The fraction of sp³-hybridized carbons (Fsp3) is 1.00. The van der Waals surface area contributed by atoms with E-state index in [1.54, 1.807) is 0 Å². The van der Waals surface area contributed by atoms with E-state index in [0.29, 0.717) is 6.04 Å². The number of aliphatic hydroxyl groups is 2. The molecular formula is C11H24N2O2. The van der Waals surface area contributed by atoms with E-state index in [1.165, 1.54) is 13.0 Å². The Morgan fingerprint density at radius 1 is 1.27 bits per heavy atom. The Labute approximate surface area is 92.3 Å². The molecule has 90 valence electrons. The van der Waals surface area contributed by atoms with Crippen LogP contribution in [0.5, 0.6) is 0 Å². The molecule has 0 aliphatic carbocycles. The van der Waals surface area contributed by atoms with Crippen LogP contribution in [0.2, 0.25) is 0 Å². The first-order chi connectivity index (χ1) is 7.30. The number of hydrogen-bond acceptors (Lipinski definition) is 4. The molecule has 0 unspecified atom stereocenters. The third-order valence-corrected chi connectivity index (χ3v) is 3.04. The summed E-state index contributed by atoms with van der Waals surface area (Å²) in [7, 11) is 0. The minimum atomic E-state index is -0.146. The van der Waals surface area contributed by atoms with Crippen LogP contribution in [0, 0.1) is 0 Å². The zero-order chi connectivity index (χ0) is 11.1. The minimum absolute atomic E-state index is 0.0195. The predicted molar refractivity (Wildman–Crippen MR) is 60.8 cm³/mol. The van der Waals surface area contributed by atoms with Crippen molar-refractivity contribution < 1.29 is 10.2 Å². The first-order valence-corrected chi connectivity index (χ1v) is 6.00. The van der Waals surface area contributed by atoms with Crippen LogP contribution in [-0.2, 0) is 0 Å². The molecular weight excluding hydrogens is 192 g/mol. The van der Waals surface area contributed by atoms with Crippen molar-refractivity contribution in [1.29, 1.82) is 0 Å². The second kappa shape index (κ2) is 7.17. The number of aliphatic hydroxyl groups excluding tert-OH is 2. The fourth-order valence-corrected chi connectivity index (χ4v) is 2.14. The maximum atomic E-state index is 8.96. The number of hydrogen-bond donors (Lipinski definition) is 3. The van der Waals surface area contributed by atoms with Gasteiger partial charge < -0.3 is 20.4 Å². The third kappa shape index (κ3) is 4.47. The van der Waals surface area contributed by atoms with Crippen LogP contribution in [0.15, 0.2) is 0 Å². The summed E-state index contributed by atoms with van der Waals surface area (Å²) in [6.45, 7) is 5.70. The van der Waals surface area contributed by atoms with Gasteiger partial charge in [0.15, 0.2) is 0 Å². The van der Waals surface area contributed by atoms with Gasteiger partial charge in [-0.15, -0.1) is 0 Å². The lowest BCUT2D eigenvalue weighted by atomic mass is 10.0. The molecule has 0 saturated carbocycles. The van der Waals surface area contributed by atoms with Crippen LogP contribution < -0.4 is 5.32 Å². The lowest BCUT2D eigenvalue weighted by Crippen LogP contribution is -2.48. The molecule has 0 bridgehead atoms. The molecule has 1 rings (SSSR count). The summed E-state index contributed by atoms with van der Waals surface area (Å²) in [5.41, 5.74) is 0. The van der Waals surface area contributed by atoms with Crippen LogP contribution in [0.25, 0.3) is 0 Å². The molecule has 1 fully saturated rings. The summed E-state index contributed by atoms with van der Waals surface area (Å²) in [5, 5.41) is 21.2. The number of nitrogens with one attached hydrogen (secondary N) is 1. The highest BCUT2D eigenvalue weighted by atomic mass is 16.3. The first kappa shape index (κ1) is 12.9. The van der Waals surface area contributed by atoms with Crippen molar-refractivity contribution >= 4 is 0 Å². The van der Waals surface area contributed by atoms with Gasteiger partial charge in [0.05, 0.1) is 19.3 Å². The average molecular weight is 216 g/mol. The molecule has 1 aliphatic rings. The van der Waals surface area contributed by atoms with Crippen molar-refractivity contribution in [3.63, 3.8) is 0 Å². The lowest BCUT2D eigenvalue weighted by Gasteiger charge is -2.33. The summed E-state index contributed by atoms with van der Waals surface area (Å²) in [5.74, 6) is 0. The highest BCUT2D eigenvalue weighted by Gasteiger charge is 2.20. The van der Waals surface area contributed by atoms with E-state index in [2.05, 4.69) is 17.1 Å². The van der Waals surface area contributed by atoms with Gasteiger partial charge in [0.2, 0.25) is 0 Å². The zero-order valence-corrected chi connectivity index (χ0v) is 9.65. The van der Waals surface area contributed by atoms with Gasteiger partial charge in [-0.2, -0.15) is 0 Å². The molecule has 0 spiro atoms. The van der Waals surface area contributed by atoms with E-state index in [9.17, 15) is 0 Å². The normalized spacial score (nSPS) is 20.0. The molecule has 0 atom stereocenters. The maximum Gasteiger partial charge on any atom is 0.0607 e. The maximum absolute atomic E-state index is 8.96. The quantitative estimate of drug-likeness (QED) is 0.576. The molecule has 0 amide bonds. The van der Waals surface area contributed by atoms with E-state index in [4.69, 9.17) is 10.2 Å². The molecule has 4 nitrogen and oxygen atoms in total. The predicted octanol–water partition coefficient (Wildman–Crippen LogP) is -0.196. The smallest absolute Gasteiger partial charge is 0.0607 e. The highest BCUT2D eigenvalue weighted by Crippen LogP contribution is 2.11. The Kier molecular flexibility index (Phi) is 6.17. The van der Waals surface area contributed by atoms with Gasteiger partial charge in [-0.05, 0) is 38.9 Å². The van der Waals surface area contributed by atoms with Crippen molar-refractivity contribution in [2.45, 2.75) is 38.3 Å². The molecule has 0 radical (unpaired) electrons. The van der Waals surface area contributed by atoms with E-state index in [0.717, 1.165) is 25.9 Å². The van der Waals surface area contributed by atoms with Crippen molar-refractivity contribution in [1.82, 2.24) is 10.2 Å². The van der Waals surface area contributed by atoms with Crippen LogP contribution in [0.3, 0.4) is 0 Å². The third-order valence-electron chi connectivity index (χ3n) is 3.04. The molecule has 1 saturated heterocycles. The van der Waals surface area contributed by atoms with E-state index < -0.39 is 0 Å². The lowest BCUT2D eigenvalue weighted by molar-refractivity contribution is 0.137. The Morgan fingerprint density at radius 2 is 1.87 bits per heavy atom. The van der Waals surface area contributed by atoms with E-state index >= 15 is 0 Å². The van der Waals surface area contributed by atoms with Crippen LogP contribution in [0.4, 0.5) is 0 Å². The van der Waals surface area contributed by atoms with Gasteiger partial charge in [-0.3, -0.25) is 0 Å². The Hall–Kier alpha value is -0.160. The van der Waals surface area contributed by atoms with Gasteiger partial charge in [0, 0.05) is 6.04 Å². The van der Waals surface area contributed by atoms with Crippen LogP contribution in [0.1, 0.15) is 26.2 Å². The first-order valence-electron chi connectivity index (χ1n) is 6.00. The van der Waals surface area contributed by atoms with Crippen molar-refractivity contribution in [3.05, 3.63) is 0 Å². The second-order valence-electron chi connectivity index (χ2n) is 4.34. The van der Waals surface area contributed by atoms with Crippen LogP contribution >= 0.6 is 0 Å². The summed E-state index contributed by atoms with van der Waals surface area (Å²) in [4.78, 5) is 2.48. The number of rotatable bonds is 6. The van der Waals surface area contributed by atoms with Gasteiger partial charge in [-0.1, -0.05) is 6.92 Å². The summed E-state index contributed by atoms with van der Waals surface area (Å²) >= 11 is 0. The molecule has 3 N–H and O–H groups in total. The Bertz CT molecular complexity index is 155. The van der Waals surface area contributed by atoms with Gasteiger partial charge in [0.25, 0.3) is 0 Å². The topological polar surface area (TPSA) is 55.7 Å². The molecule has 0 aromatic rings. The van der Waals surface area contributed by atoms with Gasteiger partial charge in [-0.25, -0.2) is 0 Å². The van der Waals surface area contributed by atoms with E-state index in [1.807, 2.05) is 0 Å². The average Bonchev–Trinajstić information content (AvgIpc) is 2.28. The number of likely N-dealkylation sites (tertiary alicyclic amines) is 1. The highest BCUT2D eigenvalue weighted by molar-refractivity contribution is 4.80. The molecule has 0 aromatic heterocycles. The summed E-state index contributed by atoms with van der Waals surface area (Å²) in [6.07, 6.45) is 3.46.